The molecule has 0 spiro atoms. The van der Waals surface area contributed by atoms with Gasteiger partial charge in [-0.15, -0.1) is 0 Å². The van der Waals surface area contributed by atoms with Gasteiger partial charge in [0.05, 0.1) is 24.7 Å². The van der Waals surface area contributed by atoms with Crippen molar-refractivity contribution in [2.45, 2.75) is 24.0 Å². The van der Waals surface area contributed by atoms with Crippen LogP contribution in [0.25, 0.3) is 11.0 Å². The maximum Gasteiger partial charge on any atom is 0.241 e. The molecular weight excluding hydrogens is 442 g/mol. The third-order valence-corrected chi connectivity index (χ3v) is 6.99. The highest BCUT2D eigenvalue weighted by molar-refractivity contribution is 7.89. The van der Waals surface area contributed by atoms with Crippen LogP contribution in [0.5, 0.6) is 11.5 Å². The first-order valence-corrected chi connectivity index (χ1v) is 12.1. The van der Waals surface area contributed by atoms with E-state index in [4.69, 9.17) is 13.9 Å². The Morgan fingerprint density at radius 1 is 0.909 bits per heavy atom. The molecule has 0 bridgehead atoms. The number of aliphatic hydroxyl groups excluding tert-OH is 1. The molecule has 4 aromatic rings. The number of sulfonamides is 1. The van der Waals surface area contributed by atoms with Crippen LogP contribution >= 0.6 is 0 Å². The van der Waals surface area contributed by atoms with Crippen LogP contribution in [-0.4, -0.2) is 26.7 Å². The van der Waals surface area contributed by atoms with Gasteiger partial charge in [-0.1, -0.05) is 42.5 Å². The van der Waals surface area contributed by atoms with Gasteiger partial charge in [0.1, 0.15) is 17.4 Å². The summed E-state index contributed by atoms with van der Waals surface area (Å²) in [6, 6.07) is 20.1. The molecule has 1 atom stereocenters. The number of rotatable bonds is 6. The van der Waals surface area contributed by atoms with Crippen LogP contribution in [-0.2, 0) is 16.6 Å². The van der Waals surface area contributed by atoms with Gasteiger partial charge in [-0.2, -0.15) is 4.72 Å². The maximum absolute atomic E-state index is 13.5. The number of hydrogen-bond acceptors (Lipinski definition) is 6. The molecule has 0 radical (unpaired) electrons. The van der Waals surface area contributed by atoms with Crippen molar-refractivity contribution in [2.24, 2.45) is 0 Å². The summed E-state index contributed by atoms with van der Waals surface area (Å²) in [5, 5.41) is 10.7. The second-order valence-corrected chi connectivity index (χ2v) is 9.47. The molecular formula is C25H23NO6S. The minimum Gasteiger partial charge on any atom is -0.490 e. The Kier molecular flexibility index (Phi) is 5.80. The van der Waals surface area contributed by atoms with Gasteiger partial charge in [0.25, 0.3) is 0 Å². The average Bonchev–Trinajstić information content (AvgIpc) is 3.12. The van der Waals surface area contributed by atoms with Crippen molar-refractivity contribution in [1.29, 1.82) is 0 Å². The van der Waals surface area contributed by atoms with Crippen LogP contribution in [0.3, 0.4) is 0 Å². The van der Waals surface area contributed by atoms with Crippen LogP contribution in [0.15, 0.2) is 82.1 Å². The molecule has 33 heavy (non-hydrogen) atoms. The van der Waals surface area contributed by atoms with Crippen molar-refractivity contribution in [1.82, 2.24) is 4.72 Å². The number of para-hydroxylation sites is 1. The quantitative estimate of drug-likeness (QED) is 0.444. The van der Waals surface area contributed by atoms with E-state index in [1.807, 2.05) is 30.3 Å². The number of benzene rings is 3. The van der Waals surface area contributed by atoms with Crippen LogP contribution in [0.1, 0.15) is 29.3 Å². The second-order valence-electron chi connectivity index (χ2n) is 7.76. The predicted molar refractivity (Wildman–Crippen MR) is 123 cm³/mol. The van der Waals surface area contributed by atoms with Gasteiger partial charge in [-0.05, 0) is 35.4 Å². The van der Waals surface area contributed by atoms with E-state index in [0.29, 0.717) is 47.2 Å². The van der Waals surface area contributed by atoms with E-state index in [1.54, 1.807) is 30.3 Å². The molecule has 0 amide bonds. The van der Waals surface area contributed by atoms with Gasteiger partial charge < -0.3 is 19.0 Å². The number of fused-ring (bicyclic) bond motifs is 2. The predicted octanol–water partition coefficient (Wildman–Crippen LogP) is 4.15. The van der Waals surface area contributed by atoms with Crippen molar-refractivity contribution in [3.05, 3.63) is 89.7 Å². The van der Waals surface area contributed by atoms with E-state index < -0.39 is 16.1 Å². The number of furan rings is 1. The number of hydrogen-bond donors (Lipinski definition) is 2. The van der Waals surface area contributed by atoms with Gasteiger partial charge in [0, 0.05) is 17.9 Å². The first-order valence-electron chi connectivity index (χ1n) is 10.6. The Bertz CT molecular complexity index is 1360. The summed E-state index contributed by atoms with van der Waals surface area (Å²) in [6.07, 6.45) is 0.723. The molecule has 1 aliphatic heterocycles. The summed E-state index contributed by atoms with van der Waals surface area (Å²) in [7, 11) is -3.99. The summed E-state index contributed by atoms with van der Waals surface area (Å²) < 4.78 is 47.0. The fourth-order valence-corrected chi connectivity index (χ4v) is 5.11. The minimum absolute atomic E-state index is 0.0503. The van der Waals surface area contributed by atoms with Gasteiger partial charge in [-0.3, -0.25) is 0 Å². The van der Waals surface area contributed by atoms with E-state index in [-0.39, 0.29) is 11.5 Å². The Morgan fingerprint density at radius 3 is 2.48 bits per heavy atom. The van der Waals surface area contributed by atoms with Crippen molar-refractivity contribution in [2.75, 3.05) is 13.2 Å². The van der Waals surface area contributed by atoms with E-state index in [0.717, 1.165) is 11.8 Å². The molecule has 2 N–H and O–H groups in total. The van der Waals surface area contributed by atoms with Crippen LogP contribution < -0.4 is 14.2 Å². The van der Waals surface area contributed by atoms with E-state index in [9.17, 15) is 13.5 Å². The normalized spacial score (nSPS) is 14.7. The lowest BCUT2D eigenvalue weighted by molar-refractivity contribution is 0.279. The SMILES string of the molecule is O=S(=O)(NC(c1cc2ccccc2o1)c1ccccc1CO)c1ccc2c(c1)OCCCO2. The molecule has 3 aromatic carbocycles. The smallest absolute Gasteiger partial charge is 0.241 e. The van der Waals surface area contributed by atoms with Crippen LogP contribution in [0.2, 0.25) is 0 Å². The van der Waals surface area contributed by atoms with Gasteiger partial charge in [0.15, 0.2) is 11.5 Å². The van der Waals surface area contributed by atoms with Crippen molar-refractivity contribution >= 4 is 21.0 Å². The molecule has 1 aromatic heterocycles. The van der Waals surface area contributed by atoms with Crippen LogP contribution in [0.4, 0.5) is 0 Å². The summed E-state index contributed by atoms with van der Waals surface area (Å²) in [4.78, 5) is 0.0503. The molecule has 0 saturated carbocycles. The van der Waals surface area contributed by atoms with Gasteiger partial charge in [-0.25, -0.2) is 8.42 Å². The fourth-order valence-electron chi connectivity index (χ4n) is 3.91. The highest BCUT2D eigenvalue weighted by Gasteiger charge is 2.28. The zero-order valence-electron chi connectivity index (χ0n) is 17.7. The van der Waals surface area contributed by atoms with Gasteiger partial charge >= 0.3 is 0 Å². The van der Waals surface area contributed by atoms with E-state index in [1.165, 1.54) is 12.1 Å². The zero-order chi connectivity index (χ0) is 22.8. The first kappa shape index (κ1) is 21.5. The Labute approximate surface area is 191 Å². The summed E-state index contributed by atoms with van der Waals surface area (Å²) in [5.74, 6) is 1.34. The Balaban J connectivity index is 1.57. The third-order valence-electron chi connectivity index (χ3n) is 5.57. The van der Waals surface area contributed by atoms with Crippen molar-refractivity contribution in [3.63, 3.8) is 0 Å². The lowest BCUT2D eigenvalue weighted by atomic mass is 9.99. The summed E-state index contributed by atoms with van der Waals surface area (Å²) in [5.41, 5.74) is 1.86. The highest BCUT2D eigenvalue weighted by atomic mass is 32.2. The Hall–Kier alpha value is -3.33. The molecule has 2 heterocycles. The topological polar surface area (TPSA) is 98.0 Å². The summed E-state index contributed by atoms with van der Waals surface area (Å²) in [6.45, 7) is 0.734. The minimum atomic E-state index is -3.99. The van der Waals surface area contributed by atoms with Crippen molar-refractivity contribution < 1.29 is 27.4 Å². The molecule has 0 fully saturated rings. The first-order chi connectivity index (χ1) is 16.0. The standard InChI is InChI=1S/C25H23NO6S/c27-16-18-7-1-3-8-20(18)25(24-14-17-6-2-4-9-21(17)32-24)26-33(28,29)19-10-11-22-23(15-19)31-13-5-12-30-22/h1-4,6-11,14-15,25-27H,5,12-13,16H2. The second kappa shape index (κ2) is 8.90. The molecule has 8 heteroatoms. The molecule has 0 saturated heterocycles. The van der Waals surface area contributed by atoms with Gasteiger partial charge in [0.2, 0.25) is 10.0 Å². The van der Waals surface area contributed by atoms with Crippen molar-refractivity contribution in [3.8, 4) is 11.5 Å². The largest absolute Gasteiger partial charge is 0.490 e. The molecule has 1 aliphatic rings. The molecule has 0 aliphatic carbocycles. The lowest BCUT2D eigenvalue weighted by Gasteiger charge is -2.20. The lowest BCUT2D eigenvalue weighted by Crippen LogP contribution is -2.30. The number of ether oxygens (including phenoxy) is 2. The highest BCUT2D eigenvalue weighted by Crippen LogP contribution is 2.34. The van der Waals surface area contributed by atoms with Crippen LogP contribution in [0, 0.1) is 0 Å². The molecule has 5 rings (SSSR count). The monoisotopic (exact) mass is 465 g/mol. The van der Waals surface area contributed by atoms with E-state index >= 15 is 0 Å². The van der Waals surface area contributed by atoms with E-state index in [2.05, 4.69) is 4.72 Å². The zero-order valence-corrected chi connectivity index (χ0v) is 18.5. The molecule has 170 valence electrons. The summed E-state index contributed by atoms with van der Waals surface area (Å²) >= 11 is 0. The maximum atomic E-state index is 13.5. The number of aliphatic hydroxyl groups is 1. The number of nitrogens with one attached hydrogen (secondary N) is 1. The average molecular weight is 466 g/mol. The Morgan fingerprint density at radius 2 is 1.67 bits per heavy atom. The molecule has 7 nitrogen and oxygen atoms in total. The molecule has 1 unspecified atom stereocenters. The third kappa shape index (κ3) is 4.32. The fraction of sp³-hybridized carbons (Fsp3) is 0.200.